The van der Waals surface area contributed by atoms with Crippen molar-refractivity contribution in [2.45, 2.75) is 65.1 Å². The molecule has 2 aromatic rings. The van der Waals surface area contributed by atoms with E-state index < -0.39 is 6.10 Å². The number of esters is 1. The van der Waals surface area contributed by atoms with Crippen LogP contribution in [0.3, 0.4) is 0 Å². The lowest BCUT2D eigenvalue weighted by Gasteiger charge is -2.23. The number of hydrogen-bond acceptors (Lipinski definition) is 4. The van der Waals surface area contributed by atoms with E-state index >= 15 is 0 Å². The molecule has 0 spiro atoms. The van der Waals surface area contributed by atoms with E-state index in [0.29, 0.717) is 11.3 Å². The fourth-order valence-corrected chi connectivity index (χ4v) is 3.46. The molecule has 1 aliphatic rings. The minimum absolute atomic E-state index is 0.0125. The van der Waals surface area contributed by atoms with Crippen LogP contribution in [0, 0.1) is 13.8 Å². The van der Waals surface area contributed by atoms with Crippen LogP contribution in [0.25, 0.3) is 0 Å². The Morgan fingerprint density at radius 2 is 1.69 bits per heavy atom. The zero-order chi connectivity index (χ0) is 20.8. The first kappa shape index (κ1) is 20.9. The predicted molar refractivity (Wildman–Crippen MR) is 113 cm³/mol. The number of anilines is 1. The number of carbonyl (C=O) groups excluding carboxylic acids is 2. The Labute approximate surface area is 172 Å². The van der Waals surface area contributed by atoms with Crippen molar-refractivity contribution >= 4 is 17.6 Å². The number of ether oxygens (including phenoxy) is 2. The number of rotatable bonds is 6. The van der Waals surface area contributed by atoms with Gasteiger partial charge in [0.25, 0.3) is 5.91 Å². The molecule has 0 unspecified atom stereocenters. The van der Waals surface area contributed by atoms with Gasteiger partial charge in [0.1, 0.15) is 11.9 Å². The van der Waals surface area contributed by atoms with Gasteiger partial charge in [0.15, 0.2) is 6.10 Å². The summed E-state index contributed by atoms with van der Waals surface area (Å²) in [6.07, 6.45) is 4.62. The summed E-state index contributed by atoms with van der Waals surface area (Å²) in [6, 6.07) is 12.6. The molecular weight excluding hydrogens is 366 g/mol. The van der Waals surface area contributed by atoms with E-state index in [-0.39, 0.29) is 18.0 Å². The third kappa shape index (κ3) is 5.59. The molecule has 0 saturated heterocycles. The molecule has 0 radical (unpaired) electrons. The van der Waals surface area contributed by atoms with Crippen molar-refractivity contribution in [3.8, 4) is 5.75 Å². The van der Waals surface area contributed by atoms with Crippen LogP contribution in [0.15, 0.2) is 42.5 Å². The molecule has 1 saturated carbocycles. The molecule has 0 heterocycles. The number of amides is 1. The first-order valence-corrected chi connectivity index (χ1v) is 10.3. The number of benzene rings is 2. The van der Waals surface area contributed by atoms with Crippen molar-refractivity contribution in [3.05, 3.63) is 59.2 Å². The van der Waals surface area contributed by atoms with Crippen LogP contribution in [0.5, 0.6) is 5.75 Å². The summed E-state index contributed by atoms with van der Waals surface area (Å²) in [4.78, 5) is 24.8. The zero-order valence-corrected chi connectivity index (χ0v) is 17.4. The normalized spacial score (nSPS) is 15.4. The predicted octanol–water partition coefficient (Wildman–Crippen LogP) is 5.20. The second-order valence-corrected chi connectivity index (χ2v) is 7.68. The van der Waals surface area contributed by atoms with Gasteiger partial charge in [0.2, 0.25) is 0 Å². The Kier molecular flexibility index (Phi) is 6.91. The molecule has 0 aromatic heterocycles. The number of nitrogens with one attached hydrogen (secondary N) is 1. The Morgan fingerprint density at radius 3 is 2.38 bits per heavy atom. The topological polar surface area (TPSA) is 64.6 Å². The quantitative estimate of drug-likeness (QED) is 0.683. The molecule has 2 aromatic carbocycles. The van der Waals surface area contributed by atoms with Gasteiger partial charge >= 0.3 is 5.97 Å². The summed E-state index contributed by atoms with van der Waals surface area (Å²) in [7, 11) is 0. The Bertz CT molecular complexity index is 854. The number of aryl methyl sites for hydroxylation is 1. The summed E-state index contributed by atoms with van der Waals surface area (Å²) < 4.78 is 11.2. The lowest BCUT2D eigenvalue weighted by molar-refractivity contribution is -0.158. The van der Waals surface area contributed by atoms with Crippen LogP contribution >= 0.6 is 0 Å². The lowest BCUT2D eigenvalue weighted by atomic mass is 9.98. The third-order valence-corrected chi connectivity index (χ3v) is 5.45. The summed E-state index contributed by atoms with van der Waals surface area (Å²) in [6.45, 7) is 5.68. The standard InChI is InChI=1S/C24H29NO4/c1-16-8-7-11-22(17(16)2)25-23(26)19-12-14-21(15-13-19)28-18(3)24(27)29-20-9-5-4-6-10-20/h7-8,11-15,18,20H,4-6,9-10H2,1-3H3,(H,25,26)/t18-/m0/s1. The van der Waals surface area contributed by atoms with Crippen molar-refractivity contribution in [3.63, 3.8) is 0 Å². The zero-order valence-electron chi connectivity index (χ0n) is 17.4. The van der Waals surface area contributed by atoms with Crippen LogP contribution in [0.1, 0.15) is 60.5 Å². The van der Waals surface area contributed by atoms with Gasteiger partial charge in [-0.25, -0.2) is 4.79 Å². The molecule has 1 N–H and O–H groups in total. The van der Waals surface area contributed by atoms with Gasteiger partial charge in [0.05, 0.1) is 0 Å². The molecule has 5 nitrogen and oxygen atoms in total. The van der Waals surface area contributed by atoms with Gasteiger partial charge in [-0.3, -0.25) is 4.79 Å². The Balaban J connectivity index is 1.55. The van der Waals surface area contributed by atoms with E-state index in [4.69, 9.17) is 9.47 Å². The third-order valence-electron chi connectivity index (χ3n) is 5.45. The lowest BCUT2D eigenvalue weighted by Crippen LogP contribution is -2.31. The van der Waals surface area contributed by atoms with Crippen LogP contribution in [-0.2, 0) is 9.53 Å². The molecule has 1 atom stereocenters. The van der Waals surface area contributed by atoms with E-state index in [1.807, 2.05) is 32.0 Å². The molecule has 154 valence electrons. The average Bonchev–Trinajstić information content (AvgIpc) is 2.72. The van der Waals surface area contributed by atoms with Gasteiger partial charge in [-0.1, -0.05) is 18.6 Å². The molecular formula is C24H29NO4. The van der Waals surface area contributed by atoms with E-state index in [2.05, 4.69) is 5.32 Å². The van der Waals surface area contributed by atoms with Crippen LogP contribution in [-0.4, -0.2) is 24.1 Å². The maximum absolute atomic E-state index is 12.5. The highest BCUT2D eigenvalue weighted by atomic mass is 16.6. The minimum Gasteiger partial charge on any atom is -0.479 e. The van der Waals surface area contributed by atoms with Crippen molar-refractivity contribution < 1.29 is 19.1 Å². The number of carbonyl (C=O) groups is 2. The number of hydrogen-bond donors (Lipinski definition) is 1. The van der Waals surface area contributed by atoms with Crippen LogP contribution < -0.4 is 10.1 Å². The van der Waals surface area contributed by atoms with Crippen LogP contribution in [0.4, 0.5) is 5.69 Å². The van der Waals surface area contributed by atoms with Crippen molar-refractivity contribution in [1.29, 1.82) is 0 Å². The first-order valence-electron chi connectivity index (χ1n) is 10.3. The van der Waals surface area contributed by atoms with E-state index in [1.165, 1.54) is 6.42 Å². The average molecular weight is 395 g/mol. The fourth-order valence-electron chi connectivity index (χ4n) is 3.46. The largest absolute Gasteiger partial charge is 0.479 e. The molecule has 5 heteroatoms. The SMILES string of the molecule is Cc1cccc(NC(=O)c2ccc(O[C@@H](C)C(=O)OC3CCCCC3)cc2)c1C. The first-order chi connectivity index (χ1) is 13.9. The van der Waals surface area contributed by atoms with Gasteiger partial charge in [0, 0.05) is 11.3 Å². The summed E-state index contributed by atoms with van der Waals surface area (Å²) in [5.74, 6) is 0.00466. The van der Waals surface area contributed by atoms with Gasteiger partial charge in [-0.05, 0) is 87.9 Å². The maximum atomic E-state index is 12.5. The Morgan fingerprint density at radius 1 is 1.00 bits per heavy atom. The summed E-state index contributed by atoms with van der Waals surface area (Å²) in [5.41, 5.74) is 3.50. The highest BCUT2D eigenvalue weighted by molar-refractivity contribution is 6.04. The fraction of sp³-hybridized carbons (Fsp3) is 0.417. The molecule has 1 amide bonds. The van der Waals surface area contributed by atoms with E-state index in [0.717, 1.165) is 42.5 Å². The molecule has 1 aliphatic carbocycles. The molecule has 3 rings (SSSR count). The Hall–Kier alpha value is -2.82. The van der Waals surface area contributed by atoms with E-state index in [9.17, 15) is 9.59 Å². The van der Waals surface area contributed by atoms with Gasteiger partial charge in [-0.15, -0.1) is 0 Å². The van der Waals surface area contributed by atoms with Crippen molar-refractivity contribution in [2.75, 3.05) is 5.32 Å². The van der Waals surface area contributed by atoms with Crippen molar-refractivity contribution in [1.82, 2.24) is 0 Å². The van der Waals surface area contributed by atoms with Gasteiger partial charge in [-0.2, -0.15) is 0 Å². The van der Waals surface area contributed by atoms with Crippen LogP contribution in [0.2, 0.25) is 0 Å². The maximum Gasteiger partial charge on any atom is 0.347 e. The highest BCUT2D eigenvalue weighted by Gasteiger charge is 2.23. The van der Waals surface area contributed by atoms with Gasteiger partial charge < -0.3 is 14.8 Å². The highest BCUT2D eigenvalue weighted by Crippen LogP contribution is 2.22. The molecule has 29 heavy (non-hydrogen) atoms. The smallest absolute Gasteiger partial charge is 0.347 e. The van der Waals surface area contributed by atoms with E-state index in [1.54, 1.807) is 31.2 Å². The molecule has 0 bridgehead atoms. The summed E-state index contributed by atoms with van der Waals surface area (Å²) in [5, 5.41) is 2.94. The second-order valence-electron chi connectivity index (χ2n) is 7.68. The summed E-state index contributed by atoms with van der Waals surface area (Å²) >= 11 is 0. The molecule has 1 fully saturated rings. The second kappa shape index (κ2) is 9.59. The monoisotopic (exact) mass is 395 g/mol. The molecule has 0 aliphatic heterocycles. The van der Waals surface area contributed by atoms with Crippen molar-refractivity contribution in [2.24, 2.45) is 0 Å². The minimum atomic E-state index is -0.688.